The molecule has 18 heavy (non-hydrogen) atoms. The van der Waals surface area contributed by atoms with Gasteiger partial charge in [-0.05, 0) is 19.9 Å². The van der Waals surface area contributed by atoms with Crippen molar-refractivity contribution in [2.75, 3.05) is 13.6 Å². The number of nitrogens with zero attached hydrogens (tertiary/aromatic N) is 3. The number of carbonyl (C=O) groups is 1. The van der Waals surface area contributed by atoms with Crippen LogP contribution in [0.2, 0.25) is 0 Å². The number of aromatic nitrogens is 2. The van der Waals surface area contributed by atoms with Gasteiger partial charge in [-0.3, -0.25) is 9.48 Å². The molecule has 0 spiro atoms. The van der Waals surface area contributed by atoms with Gasteiger partial charge in [0, 0.05) is 44.2 Å². The molecule has 1 aromatic rings. The number of carbonyl (C=O) groups excluding carboxylic acids is 1. The van der Waals surface area contributed by atoms with E-state index in [4.69, 9.17) is 0 Å². The molecule has 0 bridgehead atoms. The Morgan fingerprint density at radius 3 is 3.00 bits per heavy atom. The lowest BCUT2D eigenvalue weighted by Crippen LogP contribution is -2.29. The number of ketones is 1. The smallest absolute Gasteiger partial charge is 0.137 e. The molecule has 1 fully saturated rings. The number of hydrogen-bond donors (Lipinski definition) is 0. The zero-order valence-electron chi connectivity index (χ0n) is 11.4. The van der Waals surface area contributed by atoms with Crippen LogP contribution < -0.4 is 0 Å². The number of rotatable bonds is 4. The summed E-state index contributed by atoms with van der Waals surface area (Å²) in [6, 6.07) is 0. The standard InChI is InChI=1S/C14H23N3O/c1-16(9-12-8-15-17(2)10-12)11-13-6-4-3-5-7-14(13)18/h8,10,13H,3-7,9,11H2,1-2H3. The van der Waals surface area contributed by atoms with Crippen LogP contribution in [0.1, 0.15) is 37.7 Å². The third kappa shape index (κ3) is 3.67. The van der Waals surface area contributed by atoms with Gasteiger partial charge in [0.1, 0.15) is 5.78 Å². The molecule has 0 radical (unpaired) electrons. The fourth-order valence-electron chi connectivity index (χ4n) is 2.73. The molecule has 1 aromatic heterocycles. The normalized spacial score (nSPS) is 21.3. The van der Waals surface area contributed by atoms with Crippen molar-refractivity contribution in [1.29, 1.82) is 0 Å². The highest BCUT2D eigenvalue weighted by atomic mass is 16.1. The Balaban J connectivity index is 1.85. The third-order valence-electron chi connectivity index (χ3n) is 3.67. The topological polar surface area (TPSA) is 38.1 Å². The predicted octanol–water partition coefficient (Wildman–Crippen LogP) is 2.00. The Morgan fingerprint density at radius 1 is 1.44 bits per heavy atom. The molecule has 1 atom stereocenters. The zero-order valence-corrected chi connectivity index (χ0v) is 11.4. The Bertz CT molecular complexity index is 399. The fourth-order valence-corrected chi connectivity index (χ4v) is 2.73. The lowest BCUT2D eigenvalue weighted by Gasteiger charge is -2.21. The molecule has 1 unspecified atom stereocenters. The summed E-state index contributed by atoms with van der Waals surface area (Å²) in [5.74, 6) is 0.708. The summed E-state index contributed by atoms with van der Waals surface area (Å²) >= 11 is 0. The van der Waals surface area contributed by atoms with Gasteiger partial charge in [0.15, 0.2) is 0 Å². The first-order valence-corrected chi connectivity index (χ1v) is 6.84. The van der Waals surface area contributed by atoms with Crippen molar-refractivity contribution in [2.45, 2.75) is 38.6 Å². The molecule has 0 aliphatic heterocycles. The van der Waals surface area contributed by atoms with E-state index in [9.17, 15) is 4.79 Å². The molecule has 0 amide bonds. The second-order valence-electron chi connectivity index (χ2n) is 5.48. The maximum atomic E-state index is 12.0. The lowest BCUT2D eigenvalue weighted by atomic mass is 9.98. The highest BCUT2D eigenvalue weighted by Gasteiger charge is 2.22. The SMILES string of the molecule is CN(Cc1cnn(C)c1)CC1CCCCCC1=O. The highest BCUT2D eigenvalue weighted by molar-refractivity contribution is 5.81. The van der Waals surface area contributed by atoms with Gasteiger partial charge in [-0.1, -0.05) is 12.8 Å². The summed E-state index contributed by atoms with van der Waals surface area (Å²) in [5.41, 5.74) is 1.21. The third-order valence-corrected chi connectivity index (χ3v) is 3.67. The van der Waals surface area contributed by atoms with Crippen molar-refractivity contribution < 1.29 is 4.79 Å². The van der Waals surface area contributed by atoms with Crippen molar-refractivity contribution in [3.63, 3.8) is 0 Å². The molecule has 4 heteroatoms. The van der Waals surface area contributed by atoms with Crippen LogP contribution in [-0.4, -0.2) is 34.1 Å². The average molecular weight is 249 g/mol. The zero-order chi connectivity index (χ0) is 13.0. The molecule has 2 rings (SSSR count). The van der Waals surface area contributed by atoms with Gasteiger partial charge >= 0.3 is 0 Å². The van der Waals surface area contributed by atoms with E-state index in [1.54, 1.807) is 0 Å². The largest absolute Gasteiger partial charge is 0.301 e. The summed E-state index contributed by atoms with van der Waals surface area (Å²) in [5, 5.41) is 4.17. The van der Waals surface area contributed by atoms with E-state index in [0.29, 0.717) is 5.78 Å². The maximum absolute atomic E-state index is 12.0. The first-order chi connectivity index (χ1) is 8.65. The van der Waals surface area contributed by atoms with Crippen molar-refractivity contribution in [3.8, 4) is 0 Å². The molecular formula is C14H23N3O. The monoisotopic (exact) mass is 249 g/mol. The highest BCUT2D eigenvalue weighted by Crippen LogP contribution is 2.21. The van der Waals surface area contributed by atoms with E-state index < -0.39 is 0 Å². The Kier molecular flexibility index (Phi) is 4.53. The molecule has 0 aromatic carbocycles. The van der Waals surface area contributed by atoms with Crippen molar-refractivity contribution >= 4 is 5.78 Å². The van der Waals surface area contributed by atoms with Gasteiger partial charge in [-0.15, -0.1) is 0 Å². The van der Waals surface area contributed by atoms with E-state index in [2.05, 4.69) is 17.0 Å². The molecule has 1 saturated carbocycles. The quantitative estimate of drug-likeness (QED) is 0.766. The van der Waals surface area contributed by atoms with Gasteiger partial charge in [0.05, 0.1) is 6.20 Å². The number of hydrogen-bond acceptors (Lipinski definition) is 3. The maximum Gasteiger partial charge on any atom is 0.137 e. The van der Waals surface area contributed by atoms with Crippen LogP contribution in [-0.2, 0) is 18.4 Å². The summed E-state index contributed by atoms with van der Waals surface area (Å²) in [4.78, 5) is 14.2. The first-order valence-electron chi connectivity index (χ1n) is 6.84. The summed E-state index contributed by atoms with van der Waals surface area (Å²) in [6.07, 6.45) is 9.28. The molecule has 100 valence electrons. The van der Waals surface area contributed by atoms with E-state index >= 15 is 0 Å². The predicted molar refractivity (Wildman–Crippen MR) is 71.1 cm³/mol. The van der Waals surface area contributed by atoms with E-state index in [1.807, 2.05) is 24.1 Å². The van der Waals surface area contributed by atoms with Gasteiger partial charge in [0.25, 0.3) is 0 Å². The van der Waals surface area contributed by atoms with Crippen LogP contribution in [0.25, 0.3) is 0 Å². The lowest BCUT2D eigenvalue weighted by molar-refractivity contribution is -0.123. The van der Waals surface area contributed by atoms with Crippen LogP contribution in [0.4, 0.5) is 0 Å². The molecule has 0 N–H and O–H groups in total. The number of aryl methyl sites for hydroxylation is 1. The van der Waals surface area contributed by atoms with Crippen LogP contribution in [0.5, 0.6) is 0 Å². The summed E-state index contributed by atoms with van der Waals surface area (Å²) < 4.78 is 1.82. The number of Topliss-reactive ketones (excluding diaryl/α,β-unsaturated/α-hetero) is 1. The van der Waals surface area contributed by atoms with E-state index in [0.717, 1.165) is 32.4 Å². The molecule has 1 heterocycles. The van der Waals surface area contributed by atoms with Crippen molar-refractivity contribution in [3.05, 3.63) is 18.0 Å². The van der Waals surface area contributed by atoms with Crippen molar-refractivity contribution in [1.82, 2.24) is 14.7 Å². The van der Waals surface area contributed by atoms with Crippen LogP contribution in [0.15, 0.2) is 12.4 Å². The fraction of sp³-hybridized carbons (Fsp3) is 0.714. The van der Waals surface area contributed by atoms with Gasteiger partial charge in [-0.25, -0.2) is 0 Å². The first kappa shape index (κ1) is 13.3. The van der Waals surface area contributed by atoms with E-state index in [-0.39, 0.29) is 5.92 Å². The Morgan fingerprint density at radius 2 is 2.28 bits per heavy atom. The van der Waals surface area contributed by atoms with Crippen LogP contribution >= 0.6 is 0 Å². The molecule has 1 aliphatic rings. The van der Waals surface area contributed by atoms with Gasteiger partial charge in [0.2, 0.25) is 0 Å². The molecule has 0 saturated heterocycles. The average Bonchev–Trinajstić information content (AvgIpc) is 2.61. The van der Waals surface area contributed by atoms with Crippen LogP contribution in [0, 0.1) is 5.92 Å². The molecule has 1 aliphatic carbocycles. The van der Waals surface area contributed by atoms with E-state index in [1.165, 1.54) is 18.4 Å². The molecule has 4 nitrogen and oxygen atoms in total. The Labute approximate surface area is 109 Å². The van der Waals surface area contributed by atoms with Crippen molar-refractivity contribution in [2.24, 2.45) is 13.0 Å². The minimum Gasteiger partial charge on any atom is -0.301 e. The van der Waals surface area contributed by atoms with Gasteiger partial charge < -0.3 is 4.90 Å². The summed E-state index contributed by atoms with van der Waals surface area (Å²) in [7, 11) is 4.02. The Hall–Kier alpha value is -1.16. The second kappa shape index (κ2) is 6.14. The molecular weight excluding hydrogens is 226 g/mol. The minimum atomic E-state index is 0.245. The van der Waals surface area contributed by atoms with Crippen LogP contribution in [0.3, 0.4) is 0 Å². The van der Waals surface area contributed by atoms with Gasteiger partial charge in [-0.2, -0.15) is 5.10 Å². The second-order valence-corrected chi connectivity index (χ2v) is 5.48. The minimum absolute atomic E-state index is 0.245. The summed E-state index contributed by atoms with van der Waals surface area (Å²) in [6.45, 7) is 1.76.